The van der Waals surface area contributed by atoms with Crippen LogP contribution in [0.15, 0.2) is 45.3 Å². The van der Waals surface area contributed by atoms with Gasteiger partial charge in [-0.05, 0) is 35.4 Å². The number of hydrogen-bond acceptors (Lipinski definition) is 1. The van der Waals surface area contributed by atoms with E-state index in [1.807, 2.05) is 12.1 Å². The minimum atomic E-state index is 0.134. The van der Waals surface area contributed by atoms with Crippen molar-refractivity contribution in [3.8, 4) is 5.75 Å². The molecule has 0 radical (unpaired) electrons. The summed E-state index contributed by atoms with van der Waals surface area (Å²) in [5, 5.41) is 0. The Morgan fingerprint density at radius 2 is 1.89 bits per heavy atom. The molecule has 3 rings (SSSR count). The van der Waals surface area contributed by atoms with E-state index in [1.165, 1.54) is 16.7 Å². The second-order valence-electron chi connectivity index (χ2n) is 4.50. The van der Waals surface area contributed by atoms with E-state index in [2.05, 4.69) is 72.1 Å². The van der Waals surface area contributed by atoms with E-state index in [-0.39, 0.29) is 4.83 Å². The van der Waals surface area contributed by atoms with Crippen LogP contribution in [0.5, 0.6) is 5.75 Å². The van der Waals surface area contributed by atoms with Gasteiger partial charge in [0.1, 0.15) is 5.75 Å². The molecule has 0 spiro atoms. The van der Waals surface area contributed by atoms with Crippen molar-refractivity contribution in [3.05, 3.63) is 62.0 Å². The molecule has 2 aromatic rings. The molecular formula is C15H11Br3O. The van der Waals surface area contributed by atoms with E-state index >= 15 is 0 Å². The first-order valence-corrected chi connectivity index (χ1v) is 8.50. The van der Waals surface area contributed by atoms with Gasteiger partial charge in [0.15, 0.2) is 0 Å². The molecule has 1 aliphatic heterocycles. The van der Waals surface area contributed by atoms with Crippen molar-refractivity contribution < 1.29 is 4.74 Å². The van der Waals surface area contributed by atoms with Crippen molar-refractivity contribution in [2.24, 2.45) is 0 Å². The van der Waals surface area contributed by atoms with Crippen molar-refractivity contribution in [3.63, 3.8) is 0 Å². The van der Waals surface area contributed by atoms with Crippen molar-refractivity contribution in [2.75, 3.05) is 6.61 Å². The molecule has 1 nitrogen and oxygen atoms in total. The lowest BCUT2D eigenvalue weighted by Crippen LogP contribution is -1.97. The Hall–Kier alpha value is -0.320. The summed E-state index contributed by atoms with van der Waals surface area (Å²) in [4.78, 5) is 0.134. The second kappa shape index (κ2) is 5.58. The van der Waals surface area contributed by atoms with E-state index in [0.29, 0.717) is 0 Å². The Kier molecular flexibility index (Phi) is 4.01. The monoisotopic (exact) mass is 444 g/mol. The third-order valence-corrected chi connectivity index (χ3v) is 5.16. The molecular weight excluding hydrogens is 436 g/mol. The minimum absolute atomic E-state index is 0.134. The van der Waals surface area contributed by atoms with Crippen LogP contribution in [0.3, 0.4) is 0 Å². The zero-order valence-corrected chi connectivity index (χ0v) is 14.8. The average molecular weight is 447 g/mol. The van der Waals surface area contributed by atoms with Crippen LogP contribution >= 0.6 is 47.8 Å². The number of alkyl halides is 1. The Labute approximate surface area is 137 Å². The van der Waals surface area contributed by atoms with Gasteiger partial charge < -0.3 is 4.74 Å². The van der Waals surface area contributed by atoms with E-state index in [1.54, 1.807) is 0 Å². The smallest absolute Gasteiger partial charge is 0.127 e. The highest BCUT2D eigenvalue weighted by atomic mass is 79.9. The molecule has 0 N–H and O–H groups in total. The molecule has 1 atom stereocenters. The predicted octanol–water partition coefficient (Wildman–Crippen LogP) is 5.63. The predicted molar refractivity (Wildman–Crippen MR) is 88.3 cm³/mol. The zero-order chi connectivity index (χ0) is 13.4. The van der Waals surface area contributed by atoms with Gasteiger partial charge in [-0.15, -0.1) is 0 Å². The van der Waals surface area contributed by atoms with Crippen LogP contribution in [0.25, 0.3) is 0 Å². The topological polar surface area (TPSA) is 9.23 Å². The molecule has 1 unspecified atom stereocenters. The van der Waals surface area contributed by atoms with Crippen LogP contribution in [-0.4, -0.2) is 6.61 Å². The van der Waals surface area contributed by atoms with Gasteiger partial charge >= 0.3 is 0 Å². The quantitative estimate of drug-likeness (QED) is 0.543. The molecule has 4 heteroatoms. The number of benzene rings is 2. The first kappa shape index (κ1) is 13.7. The average Bonchev–Trinajstić information content (AvgIpc) is 2.85. The van der Waals surface area contributed by atoms with Crippen LogP contribution in [-0.2, 0) is 6.42 Å². The molecule has 2 aromatic carbocycles. The molecule has 0 bridgehead atoms. The van der Waals surface area contributed by atoms with Crippen molar-refractivity contribution in [1.29, 1.82) is 0 Å². The normalized spacial score (nSPS) is 14.9. The number of fused-ring (bicyclic) bond motifs is 1. The summed E-state index contributed by atoms with van der Waals surface area (Å²) in [6.07, 6.45) is 0.986. The molecule has 0 aliphatic carbocycles. The molecule has 98 valence electrons. The number of halogens is 3. The maximum Gasteiger partial charge on any atom is 0.127 e. The van der Waals surface area contributed by atoms with Gasteiger partial charge in [-0.1, -0.05) is 59.9 Å². The molecule has 19 heavy (non-hydrogen) atoms. The fourth-order valence-electron chi connectivity index (χ4n) is 2.33. The Morgan fingerprint density at radius 3 is 2.68 bits per heavy atom. The third-order valence-electron chi connectivity index (χ3n) is 3.19. The highest BCUT2D eigenvalue weighted by Gasteiger charge is 2.22. The van der Waals surface area contributed by atoms with Crippen molar-refractivity contribution in [2.45, 2.75) is 11.2 Å². The number of hydrogen-bond donors (Lipinski definition) is 0. The second-order valence-corrected chi connectivity index (χ2v) is 7.25. The summed E-state index contributed by atoms with van der Waals surface area (Å²) in [7, 11) is 0. The maximum atomic E-state index is 5.79. The Bertz CT molecular complexity index is 625. The SMILES string of the molecule is Brc1cccc(C(Br)c2cc(Br)cc3c2OCC3)c1. The molecule has 0 saturated heterocycles. The van der Waals surface area contributed by atoms with Crippen LogP contribution in [0.4, 0.5) is 0 Å². The van der Waals surface area contributed by atoms with E-state index in [0.717, 1.165) is 27.7 Å². The summed E-state index contributed by atoms with van der Waals surface area (Å²) in [6, 6.07) is 12.6. The highest BCUT2D eigenvalue weighted by molar-refractivity contribution is 9.11. The molecule has 0 amide bonds. The van der Waals surface area contributed by atoms with Gasteiger partial charge in [-0.3, -0.25) is 0 Å². The molecule has 0 aromatic heterocycles. The fraction of sp³-hybridized carbons (Fsp3) is 0.200. The molecule has 0 saturated carbocycles. The maximum absolute atomic E-state index is 5.79. The standard InChI is InChI=1S/C15H11Br3O/c16-11-3-1-2-9(6-11)14(18)13-8-12(17)7-10-4-5-19-15(10)13/h1-3,6-8,14H,4-5H2. The third kappa shape index (κ3) is 2.76. The van der Waals surface area contributed by atoms with Gasteiger partial charge in [0.25, 0.3) is 0 Å². The first-order valence-electron chi connectivity index (χ1n) is 6.00. The molecule has 1 heterocycles. The zero-order valence-electron chi connectivity index (χ0n) is 10.00. The van der Waals surface area contributed by atoms with Crippen LogP contribution < -0.4 is 4.74 Å². The van der Waals surface area contributed by atoms with Gasteiger partial charge in [-0.2, -0.15) is 0 Å². The Morgan fingerprint density at radius 1 is 1.05 bits per heavy atom. The summed E-state index contributed by atoms with van der Waals surface area (Å²) >= 11 is 10.9. The highest BCUT2D eigenvalue weighted by Crippen LogP contribution is 2.42. The van der Waals surface area contributed by atoms with Gasteiger partial charge in [0, 0.05) is 20.9 Å². The fourth-order valence-corrected chi connectivity index (χ4v) is 3.89. The van der Waals surface area contributed by atoms with Crippen LogP contribution in [0.1, 0.15) is 21.5 Å². The summed E-state index contributed by atoms with van der Waals surface area (Å²) < 4.78 is 7.98. The number of ether oxygens (including phenoxy) is 1. The largest absolute Gasteiger partial charge is 0.493 e. The van der Waals surface area contributed by atoms with E-state index in [9.17, 15) is 0 Å². The van der Waals surface area contributed by atoms with Gasteiger partial charge in [0.05, 0.1) is 11.4 Å². The first-order chi connectivity index (χ1) is 9.15. The van der Waals surface area contributed by atoms with Crippen LogP contribution in [0.2, 0.25) is 0 Å². The Balaban J connectivity index is 2.07. The molecule has 1 aliphatic rings. The van der Waals surface area contributed by atoms with E-state index in [4.69, 9.17) is 4.74 Å². The van der Waals surface area contributed by atoms with Crippen molar-refractivity contribution >= 4 is 47.8 Å². The van der Waals surface area contributed by atoms with Gasteiger partial charge in [0.2, 0.25) is 0 Å². The lowest BCUT2D eigenvalue weighted by atomic mass is 10.0. The lowest BCUT2D eigenvalue weighted by Gasteiger charge is -2.15. The summed E-state index contributed by atoms with van der Waals surface area (Å²) in [5.41, 5.74) is 3.67. The minimum Gasteiger partial charge on any atom is -0.493 e. The number of rotatable bonds is 2. The summed E-state index contributed by atoms with van der Waals surface area (Å²) in [5.74, 6) is 1.03. The van der Waals surface area contributed by atoms with Gasteiger partial charge in [-0.25, -0.2) is 0 Å². The summed E-state index contributed by atoms with van der Waals surface area (Å²) in [6.45, 7) is 0.775. The lowest BCUT2D eigenvalue weighted by molar-refractivity contribution is 0.354. The van der Waals surface area contributed by atoms with E-state index < -0.39 is 0 Å². The van der Waals surface area contributed by atoms with Crippen molar-refractivity contribution in [1.82, 2.24) is 0 Å². The van der Waals surface area contributed by atoms with Crippen LogP contribution in [0, 0.1) is 0 Å². The molecule has 0 fully saturated rings.